The predicted octanol–water partition coefficient (Wildman–Crippen LogP) is 4.02. The third-order valence-electron chi connectivity index (χ3n) is 5.17. The van der Waals surface area contributed by atoms with Gasteiger partial charge < -0.3 is 10.3 Å². The molecule has 1 aliphatic carbocycles. The van der Waals surface area contributed by atoms with Crippen LogP contribution in [0.4, 0.5) is 0 Å². The molecule has 1 amide bonds. The molecule has 3 aromatic rings. The molecule has 4 rings (SSSR count). The Balaban J connectivity index is 1.58. The minimum absolute atomic E-state index is 0.156. The second-order valence-corrected chi connectivity index (χ2v) is 7.53. The molecule has 0 bridgehead atoms. The summed E-state index contributed by atoms with van der Waals surface area (Å²) in [4.78, 5) is 24.8. The highest BCUT2D eigenvalue weighted by molar-refractivity contribution is 5.85. The minimum atomic E-state index is 0.156. The molecule has 2 aromatic heterocycles. The Bertz CT molecular complexity index is 1000. The summed E-state index contributed by atoms with van der Waals surface area (Å²) in [5, 5.41) is 4.19. The van der Waals surface area contributed by atoms with E-state index in [1.165, 1.54) is 11.1 Å². The second-order valence-electron chi connectivity index (χ2n) is 7.53. The first kappa shape index (κ1) is 17.7. The molecule has 0 aliphatic heterocycles. The number of imidazole rings is 1. The van der Waals surface area contributed by atoms with E-state index >= 15 is 0 Å². The molecular formula is C22H26N4O. The molecule has 1 saturated carbocycles. The zero-order chi connectivity index (χ0) is 19.0. The molecule has 5 nitrogen and oxygen atoms in total. The standard InChI is InChI=1S/C22H26N4O/c1-4-20-23-14(3)22(26-20)19-11-13(2)17-12-15(5-9-18(17)25-19)6-10-21(27)24-16-7-8-16/h5,9,11-12,16H,4,6-8,10H2,1-3H3,(H,23,26)(H,24,27). The number of nitrogens with zero attached hydrogens (tertiary/aromatic N) is 2. The number of hydrogen-bond acceptors (Lipinski definition) is 3. The number of nitrogens with one attached hydrogen (secondary N) is 2. The van der Waals surface area contributed by atoms with Gasteiger partial charge in [-0.1, -0.05) is 13.0 Å². The van der Waals surface area contributed by atoms with Gasteiger partial charge in [-0.3, -0.25) is 4.79 Å². The van der Waals surface area contributed by atoms with Crippen molar-refractivity contribution in [1.29, 1.82) is 0 Å². The number of aromatic nitrogens is 3. The number of rotatable bonds is 6. The van der Waals surface area contributed by atoms with Crippen LogP contribution in [0.25, 0.3) is 22.3 Å². The van der Waals surface area contributed by atoms with Gasteiger partial charge in [0.25, 0.3) is 0 Å². The van der Waals surface area contributed by atoms with Crippen LogP contribution in [0.1, 0.15) is 48.8 Å². The summed E-state index contributed by atoms with van der Waals surface area (Å²) in [6.45, 7) is 6.24. The van der Waals surface area contributed by atoms with Gasteiger partial charge in [-0.15, -0.1) is 0 Å². The molecule has 0 atom stereocenters. The van der Waals surface area contributed by atoms with E-state index < -0.39 is 0 Å². The smallest absolute Gasteiger partial charge is 0.220 e. The number of hydrogen-bond donors (Lipinski definition) is 2. The minimum Gasteiger partial charge on any atom is -0.353 e. The number of aromatic amines is 1. The van der Waals surface area contributed by atoms with Gasteiger partial charge in [0.15, 0.2) is 0 Å². The molecule has 0 saturated heterocycles. The van der Waals surface area contributed by atoms with Crippen molar-refractivity contribution in [2.45, 2.75) is 58.9 Å². The van der Waals surface area contributed by atoms with Crippen molar-refractivity contribution >= 4 is 16.8 Å². The Morgan fingerprint density at radius 3 is 2.74 bits per heavy atom. The number of aryl methyl sites for hydroxylation is 4. The highest BCUT2D eigenvalue weighted by Gasteiger charge is 2.22. The molecule has 2 N–H and O–H groups in total. The summed E-state index contributed by atoms with van der Waals surface area (Å²) in [7, 11) is 0. The van der Waals surface area contributed by atoms with Crippen LogP contribution in [0.15, 0.2) is 24.3 Å². The number of pyridine rings is 1. The molecule has 0 unspecified atom stereocenters. The van der Waals surface area contributed by atoms with Gasteiger partial charge in [0.1, 0.15) is 11.5 Å². The molecule has 2 heterocycles. The van der Waals surface area contributed by atoms with Gasteiger partial charge >= 0.3 is 0 Å². The zero-order valence-electron chi connectivity index (χ0n) is 16.2. The highest BCUT2D eigenvalue weighted by Crippen LogP contribution is 2.26. The molecule has 0 spiro atoms. The van der Waals surface area contributed by atoms with E-state index in [1.807, 2.05) is 6.92 Å². The Hall–Kier alpha value is -2.69. The number of fused-ring (bicyclic) bond motifs is 1. The summed E-state index contributed by atoms with van der Waals surface area (Å²) in [5.41, 5.74) is 6.21. The summed E-state index contributed by atoms with van der Waals surface area (Å²) in [5.74, 6) is 1.14. The maximum atomic E-state index is 11.9. The van der Waals surface area contributed by atoms with E-state index in [1.54, 1.807) is 0 Å². The van der Waals surface area contributed by atoms with Crippen LogP contribution in [0, 0.1) is 13.8 Å². The summed E-state index contributed by atoms with van der Waals surface area (Å²) >= 11 is 0. The number of benzene rings is 1. The Kier molecular flexibility index (Phi) is 4.68. The number of carbonyl (C=O) groups is 1. The fourth-order valence-corrected chi connectivity index (χ4v) is 3.44. The van der Waals surface area contributed by atoms with E-state index in [9.17, 15) is 4.79 Å². The SMILES string of the molecule is CCc1nc(-c2cc(C)c3cc(CCC(=O)NC4CC4)ccc3n2)c(C)[nH]1. The lowest BCUT2D eigenvalue weighted by Crippen LogP contribution is -2.25. The predicted molar refractivity (Wildman–Crippen MR) is 108 cm³/mol. The number of H-pyrrole nitrogens is 1. The van der Waals surface area contributed by atoms with Crippen molar-refractivity contribution in [2.24, 2.45) is 0 Å². The second kappa shape index (κ2) is 7.14. The lowest BCUT2D eigenvalue weighted by atomic mass is 10.0. The first-order chi connectivity index (χ1) is 13.0. The average Bonchev–Trinajstić information content (AvgIpc) is 3.39. The van der Waals surface area contributed by atoms with Crippen LogP contribution in [0.3, 0.4) is 0 Å². The summed E-state index contributed by atoms with van der Waals surface area (Å²) in [6.07, 6.45) is 4.44. The first-order valence-electron chi connectivity index (χ1n) is 9.79. The van der Waals surface area contributed by atoms with Gasteiger partial charge in [0.2, 0.25) is 5.91 Å². The molecule has 1 aliphatic rings. The summed E-state index contributed by atoms with van der Waals surface area (Å²) < 4.78 is 0. The van der Waals surface area contributed by atoms with Crippen LogP contribution in [0.5, 0.6) is 0 Å². The van der Waals surface area contributed by atoms with E-state index in [2.05, 4.69) is 53.4 Å². The van der Waals surface area contributed by atoms with Crippen molar-refractivity contribution in [3.8, 4) is 11.4 Å². The Morgan fingerprint density at radius 1 is 1.22 bits per heavy atom. The van der Waals surface area contributed by atoms with Crippen molar-refractivity contribution < 1.29 is 4.79 Å². The van der Waals surface area contributed by atoms with Gasteiger partial charge in [-0.05, 0) is 62.4 Å². The Labute approximate surface area is 159 Å². The van der Waals surface area contributed by atoms with Crippen LogP contribution < -0.4 is 5.32 Å². The average molecular weight is 362 g/mol. The van der Waals surface area contributed by atoms with Crippen molar-refractivity contribution in [3.05, 3.63) is 46.9 Å². The molecule has 0 radical (unpaired) electrons. The van der Waals surface area contributed by atoms with Gasteiger partial charge in [-0.25, -0.2) is 9.97 Å². The van der Waals surface area contributed by atoms with Crippen molar-refractivity contribution in [1.82, 2.24) is 20.3 Å². The fraction of sp³-hybridized carbons (Fsp3) is 0.409. The largest absolute Gasteiger partial charge is 0.353 e. The maximum absolute atomic E-state index is 11.9. The number of carbonyl (C=O) groups excluding carboxylic acids is 1. The van der Waals surface area contributed by atoms with Crippen LogP contribution in [-0.2, 0) is 17.6 Å². The van der Waals surface area contributed by atoms with E-state index in [4.69, 9.17) is 4.98 Å². The van der Waals surface area contributed by atoms with E-state index in [0.29, 0.717) is 12.5 Å². The third kappa shape index (κ3) is 3.87. The first-order valence-corrected chi connectivity index (χ1v) is 9.79. The van der Waals surface area contributed by atoms with Crippen molar-refractivity contribution in [3.63, 3.8) is 0 Å². The normalized spacial score (nSPS) is 13.9. The molecule has 27 heavy (non-hydrogen) atoms. The van der Waals surface area contributed by atoms with Crippen molar-refractivity contribution in [2.75, 3.05) is 0 Å². The fourth-order valence-electron chi connectivity index (χ4n) is 3.44. The summed E-state index contributed by atoms with van der Waals surface area (Å²) in [6, 6.07) is 8.84. The van der Waals surface area contributed by atoms with E-state index in [0.717, 1.165) is 59.5 Å². The quantitative estimate of drug-likeness (QED) is 0.696. The molecule has 140 valence electrons. The molecular weight excluding hydrogens is 336 g/mol. The number of amides is 1. The monoisotopic (exact) mass is 362 g/mol. The van der Waals surface area contributed by atoms with Crippen LogP contribution >= 0.6 is 0 Å². The van der Waals surface area contributed by atoms with Gasteiger partial charge in [0.05, 0.1) is 11.2 Å². The molecule has 1 aromatic carbocycles. The lowest BCUT2D eigenvalue weighted by molar-refractivity contribution is -0.121. The maximum Gasteiger partial charge on any atom is 0.220 e. The highest BCUT2D eigenvalue weighted by atomic mass is 16.1. The molecule has 5 heteroatoms. The van der Waals surface area contributed by atoms with Crippen LogP contribution in [0.2, 0.25) is 0 Å². The Morgan fingerprint density at radius 2 is 2.04 bits per heavy atom. The van der Waals surface area contributed by atoms with E-state index in [-0.39, 0.29) is 5.91 Å². The lowest BCUT2D eigenvalue weighted by Gasteiger charge is -2.09. The van der Waals surface area contributed by atoms with Gasteiger partial charge in [-0.2, -0.15) is 0 Å². The zero-order valence-corrected chi connectivity index (χ0v) is 16.2. The molecule has 1 fully saturated rings. The van der Waals surface area contributed by atoms with Gasteiger partial charge in [0, 0.05) is 30.0 Å². The van der Waals surface area contributed by atoms with Crippen LogP contribution in [-0.4, -0.2) is 26.9 Å². The topological polar surface area (TPSA) is 70.7 Å². The third-order valence-corrected chi connectivity index (χ3v) is 5.17.